The van der Waals surface area contributed by atoms with E-state index in [2.05, 4.69) is 10.0 Å². The molecule has 0 saturated carbocycles. The lowest BCUT2D eigenvalue weighted by Crippen LogP contribution is -2.33. The van der Waals surface area contributed by atoms with Gasteiger partial charge >= 0.3 is 5.63 Å². The van der Waals surface area contributed by atoms with Crippen LogP contribution in [-0.4, -0.2) is 19.1 Å². The topological polar surface area (TPSA) is 105 Å². The fraction of sp³-hybridized carbons (Fsp3) is 0.273. The molecule has 3 aromatic rings. The third kappa shape index (κ3) is 4.54. The van der Waals surface area contributed by atoms with E-state index in [4.69, 9.17) is 4.42 Å². The number of sulfonamides is 1. The lowest BCUT2D eigenvalue weighted by atomic mass is 10.1. The molecule has 158 valence electrons. The number of aryl methyl sites for hydroxylation is 1. The Balaban J connectivity index is 1.81. The lowest BCUT2D eigenvalue weighted by molar-refractivity contribution is 0.102. The van der Waals surface area contributed by atoms with Crippen LogP contribution in [0.25, 0.3) is 11.0 Å². The molecule has 0 aliphatic carbocycles. The summed E-state index contributed by atoms with van der Waals surface area (Å²) in [6.07, 6.45) is 0.635. The first kappa shape index (κ1) is 21.6. The van der Waals surface area contributed by atoms with Gasteiger partial charge in [0, 0.05) is 28.4 Å². The Labute approximate surface area is 175 Å². The number of hydrogen-bond donors (Lipinski definition) is 2. The predicted octanol–water partition coefficient (Wildman–Crippen LogP) is 4.15. The van der Waals surface area contributed by atoms with Gasteiger partial charge in [0.05, 0.1) is 4.75 Å². The van der Waals surface area contributed by atoms with Crippen molar-refractivity contribution in [2.75, 3.05) is 10.0 Å². The van der Waals surface area contributed by atoms with Gasteiger partial charge < -0.3 is 9.73 Å². The number of rotatable bonds is 5. The van der Waals surface area contributed by atoms with Crippen molar-refractivity contribution in [3.8, 4) is 0 Å². The van der Waals surface area contributed by atoms with Gasteiger partial charge in [-0.1, -0.05) is 6.92 Å². The van der Waals surface area contributed by atoms with Crippen LogP contribution in [0.2, 0.25) is 0 Å². The highest BCUT2D eigenvalue weighted by Crippen LogP contribution is 2.24. The molecule has 1 aromatic heterocycles. The summed E-state index contributed by atoms with van der Waals surface area (Å²) in [6.45, 7) is 6.76. The first-order valence-corrected chi connectivity index (χ1v) is 11.0. The maximum Gasteiger partial charge on any atom is 0.336 e. The predicted molar refractivity (Wildman–Crippen MR) is 119 cm³/mol. The van der Waals surface area contributed by atoms with E-state index in [0.717, 1.165) is 10.9 Å². The fourth-order valence-corrected chi connectivity index (χ4v) is 3.54. The van der Waals surface area contributed by atoms with Crippen LogP contribution in [0.3, 0.4) is 0 Å². The highest BCUT2D eigenvalue weighted by atomic mass is 32.2. The van der Waals surface area contributed by atoms with E-state index in [1.54, 1.807) is 63.2 Å². The minimum Gasteiger partial charge on any atom is -0.422 e. The van der Waals surface area contributed by atoms with Gasteiger partial charge in [-0.25, -0.2) is 13.2 Å². The molecule has 0 aliphatic rings. The van der Waals surface area contributed by atoms with Crippen LogP contribution in [0, 0.1) is 0 Å². The van der Waals surface area contributed by atoms with Crippen molar-refractivity contribution in [1.82, 2.24) is 0 Å². The van der Waals surface area contributed by atoms with Crippen molar-refractivity contribution in [2.24, 2.45) is 0 Å². The van der Waals surface area contributed by atoms with Crippen LogP contribution in [0.4, 0.5) is 11.4 Å². The molecule has 8 heteroatoms. The van der Waals surface area contributed by atoms with Crippen molar-refractivity contribution < 1.29 is 17.6 Å². The molecule has 0 saturated heterocycles. The Morgan fingerprint density at radius 1 is 1.00 bits per heavy atom. The number of fused-ring (bicyclic) bond motifs is 1. The third-order valence-corrected chi connectivity index (χ3v) is 6.76. The standard InChI is InChI=1S/C22H24N2O5S/c1-5-14-12-18(13-16-8-11-19(25)29-20(14)16)23-21(26)15-6-9-17(10-7-15)24-30(27,28)22(2,3)4/h6-13,24H,5H2,1-4H3,(H,23,26). The molecule has 2 N–H and O–H groups in total. The van der Waals surface area contributed by atoms with Crippen molar-refractivity contribution in [3.05, 3.63) is 70.1 Å². The van der Waals surface area contributed by atoms with Crippen LogP contribution in [-0.2, 0) is 16.4 Å². The van der Waals surface area contributed by atoms with Crippen molar-refractivity contribution in [3.63, 3.8) is 0 Å². The lowest BCUT2D eigenvalue weighted by Gasteiger charge is -2.20. The molecule has 1 heterocycles. The molecule has 0 bridgehead atoms. The van der Waals surface area contributed by atoms with Crippen molar-refractivity contribution >= 4 is 38.3 Å². The summed E-state index contributed by atoms with van der Waals surface area (Å²) in [4.78, 5) is 24.1. The van der Waals surface area contributed by atoms with E-state index >= 15 is 0 Å². The molecule has 7 nitrogen and oxygen atoms in total. The zero-order valence-corrected chi connectivity index (χ0v) is 18.1. The van der Waals surface area contributed by atoms with Gasteiger partial charge in [-0.2, -0.15) is 0 Å². The molecule has 0 atom stereocenters. The van der Waals surface area contributed by atoms with Crippen LogP contribution in [0.5, 0.6) is 0 Å². The smallest absolute Gasteiger partial charge is 0.336 e. The molecule has 0 fully saturated rings. The molecule has 0 unspecified atom stereocenters. The molecule has 0 aliphatic heterocycles. The number of anilines is 2. The quantitative estimate of drug-likeness (QED) is 0.594. The molecule has 1 amide bonds. The van der Waals surface area contributed by atoms with Crippen molar-refractivity contribution in [1.29, 1.82) is 0 Å². The third-order valence-electron chi connectivity index (χ3n) is 4.64. The SMILES string of the molecule is CCc1cc(NC(=O)c2ccc(NS(=O)(=O)C(C)(C)C)cc2)cc2ccc(=O)oc12. The second-order valence-corrected chi connectivity index (χ2v) is 10.3. The average Bonchev–Trinajstić information content (AvgIpc) is 2.67. The second kappa shape index (κ2) is 7.95. The Bertz CT molecular complexity index is 1250. The van der Waals surface area contributed by atoms with Gasteiger partial charge in [0.2, 0.25) is 10.0 Å². The second-order valence-electron chi connectivity index (χ2n) is 7.91. The van der Waals surface area contributed by atoms with Crippen LogP contribution in [0.15, 0.2) is 57.7 Å². The average molecular weight is 429 g/mol. The number of hydrogen-bond acceptors (Lipinski definition) is 5. The first-order chi connectivity index (χ1) is 14.0. The monoisotopic (exact) mass is 428 g/mol. The zero-order valence-electron chi connectivity index (χ0n) is 17.3. The van der Waals surface area contributed by atoms with E-state index < -0.39 is 20.4 Å². The van der Waals surface area contributed by atoms with E-state index in [9.17, 15) is 18.0 Å². The minimum atomic E-state index is -3.55. The summed E-state index contributed by atoms with van der Waals surface area (Å²) in [5.41, 5.74) is 2.25. The number of benzene rings is 2. The van der Waals surface area contributed by atoms with Gasteiger partial charge in [0.25, 0.3) is 5.91 Å². The Morgan fingerprint density at radius 3 is 2.27 bits per heavy atom. The first-order valence-electron chi connectivity index (χ1n) is 9.51. The fourth-order valence-electron chi connectivity index (χ4n) is 2.79. The highest BCUT2D eigenvalue weighted by Gasteiger charge is 2.28. The summed E-state index contributed by atoms with van der Waals surface area (Å²) >= 11 is 0. The van der Waals surface area contributed by atoms with Gasteiger partial charge in [-0.15, -0.1) is 0 Å². The van der Waals surface area contributed by atoms with E-state index in [1.165, 1.54) is 6.07 Å². The normalized spacial score (nSPS) is 12.0. The van der Waals surface area contributed by atoms with Crippen LogP contribution < -0.4 is 15.7 Å². The summed E-state index contributed by atoms with van der Waals surface area (Å²) in [5.74, 6) is -0.334. The van der Waals surface area contributed by atoms with Gasteiger partial charge in [0.15, 0.2) is 0 Å². The summed E-state index contributed by atoms with van der Waals surface area (Å²) in [5, 5.41) is 3.55. The van der Waals surface area contributed by atoms with Crippen LogP contribution >= 0.6 is 0 Å². The van der Waals surface area contributed by atoms with E-state index in [1.807, 2.05) is 6.92 Å². The molecule has 0 radical (unpaired) electrons. The van der Waals surface area contributed by atoms with Crippen molar-refractivity contribution in [2.45, 2.75) is 38.9 Å². The maximum atomic E-state index is 12.6. The number of carbonyl (C=O) groups is 1. The molecular formula is C22H24N2O5S. The summed E-state index contributed by atoms with van der Waals surface area (Å²) in [7, 11) is -3.55. The number of carbonyl (C=O) groups excluding carboxylic acids is 1. The molecule has 30 heavy (non-hydrogen) atoms. The van der Waals surface area contributed by atoms with Gasteiger partial charge in [0.1, 0.15) is 5.58 Å². The molecule has 2 aromatic carbocycles. The number of amides is 1. The summed E-state index contributed by atoms with van der Waals surface area (Å²) < 4.78 is 31.4. The van der Waals surface area contributed by atoms with E-state index in [0.29, 0.717) is 28.9 Å². The Hall–Kier alpha value is -3.13. The Kier molecular flexibility index (Phi) is 5.72. The zero-order chi connectivity index (χ0) is 22.1. The molecule has 0 spiro atoms. The van der Waals surface area contributed by atoms with Gasteiger partial charge in [-0.05, 0) is 75.2 Å². The number of nitrogens with one attached hydrogen (secondary N) is 2. The van der Waals surface area contributed by atoms with Crippen LogP contribution in [0.1, 0.15) is 43.6 Å². The highest BCUT2D eigenvalue weighted by molar-refractivity contribution is 7.94. The molecule has 3 rings (SSSR count). The largest absolute Gasteiger partial charge is 0.422 e. The maximum absolute atomic E-state index is 12.6. The minimum absolute atomic E-state index is 0.334. The van der Waals surface area contributed by atoms with E-state index in [-0.39, 0.29) is 5.91 Å². The molecular weight excluding hydrogens is 404 g/mol. The van der Waals surface area contributed by atoms with Gasteiger partial charge in [-0.3, -0.25) is 9.52 Å². The summed E-state index contributed by atoms with van der Waals surface area (Å²) in [6, 6.07) is 12.7. The Morgan fingerprint density at radius 2 is 1.67 bits per heavy atom.